The van der Waals surface area contributed by atoms with Gasteiger partial charge in [0, 0.05) is 0 Å². The van der Waals surface area contributed by atoms with Crippen LogP contribution in [-0.2, 0) is 0 Å². The van der Waals surface area contributed by atoms with Crippen LogP contribution in [-0.4, -0.2) is 0 Å². The quantitative estimate of drug-likeness (QED) is 0.482. The second-order valence-electron chi connectivity index (χ2n) is 4.70. The molecular weight excluding hydrogens is 120 g/mol. The van der Waals surface area contributed by atoms with Gasteiger partial charge in [-0.2, -0.15) is 0 Å². The molecule has 0 spiro atoms. The molecule has 0 radical (unpaired) electrons. The summed E-state index contributed by atoms with van der Waals surface area (Å²) in [6, 6.07) is 0. The van der Waals surface area contributed by atoms with Crippen molar-refractivity contribution < 1.29 is 0 Å². The molecule has 0 aromatic rings. The van der Waals surface area contributed by atoms with Gasteiger partial charge >= 0.3 is 0 Å². The molecule has 0 N–H and O–H groups in total. The van der Waals surface area contributed by atoms with Crippen molar-refractivity contribution in [1.82, 2.24) is 0 Å². The Kier molecular flexibility index (Phi) is 2.38. The van der Waals surface area contributed by atoms with Crippen LogP contribution in [0.1, 0.15) is 52.9 Å². The van der Waals surface area contributed by atoms with E-state index in [1.165, 1.54) is 32.1 Å². The fourth-order valence-corrected chi connectivity index (χ4v) is 1.97. The minimum Gasteiger partial charge on any atom is -0.0599 e. The molecule has 0 heterocycles. The Morgan fingerprint density at radius 2 is 1.40 bits per heavy atom. The molecule has 1 rings (SSSR count). The van der Waals surface area contributed by atoms with Crippen LogP contribution in [0.3, 0.4) is 0 Å². The van der Waals surface area contributed by atoms with E-state index in [0.29, 0.717) is 5.41 Å². The first-order chi connectivity index (χ1) is 4.61. The van der Waals surface area contributed by atoms with Gasteiger partial charge in [0.2, 0.25) is 0 Å². The molecule has 1 aliphatic rings. The molecule has 10 heavy (non-hydrogen) atoms. The SMILES string of the molecule is CC(C)(C)C1CCCCC1. The summed E-state index contributed by atoms with van der Waals surface area (Å²) in [6.45, 7) is 7.13. The fourth-order valence-electron chi connectivity index (χ4n) is 1.97. The Hall–Kier alpha value is 0. The van der Waals surface area contributed by atoms with Gasteiger partial charge in [-0.1, -0.05) is 40.0 Å². The van der Waals surface area contributed by atoms with E-state index in [9.17, 15) is 0 Å². The van der Waals surface area contributed by atoms with Gasteiger partial charge in [0.15, 0.2) is 0 Å². The van der Waals surface area contributed by atoms with E-state index >= 15 is 0 Å². The minimum atomic E-state index is 0.570. The summed E-state index contributed by atoms with van der Waals surface area (Å²) in [7, 11) is 0. The van der Waals surface area contributed by atoms with Gasteiger partial charge in [-0.25, -0.2) is 0 Å². The largest absolute Gasteiger partial charge is 0.0599 e. The average molecular weight is 140 g/mol. The molecule has 0 aliphatic heterocycles. The van der Waals surface area contributed by atoms with Crippen molar-refractivity contribution in [3.8, 4) is 0 Å². The Balaban J connectivity index is 2.39. The highest BCUT2D eigenvalue weighted by atomic mass is 14.3. The van der Waals surface area contributed by atoms with Gasteiger partial charge in [-0.05, 0) is 24.2 Å². The first-order valence-electron chi connectivity index (χ1n) is 4.61. The van der Waals surface area contributed by atoms with E-state index in [1.807, 2.05) is 0 Å². The molecule has 0 amide bonds. The summed E-state index contributed by atoms with van der Waals surface area (Å²) < 4.78 is 0. The number of hydrogen-bond acceptors (Lipinski definition) is 0. The Morgan fingerprint density at radius 3 is 1.70 bits per heavy atom. The molecule has 0 atom stereocenters. The smallest absolute Gasteiger partial charge is 0.0354 e. The molecule has 0 unspecified atom stereocenters. The van der Waals surface area contributed by atoms with E-state index in [4.69, 9.17) is 0 Å². The highest BCUT2D eigenvalue weighted by molar-refractivity contribution is 4.76. The average Bonchev–Trinajstić information content (AvgIpc) is 1.88. The highest BCUT2D eigenvalue weighted by Gasteiger charge is 2.25. The lowest BCUT2D eigenvalue weighted by molar-refractivity contribution is 0.180. The predicted molar refractivity (Wildman–Crippen MR) is 46.0 cm³/mol. The van der Waals surface area contributed by atoms with Crippen LogP contribution in [0.25, 0.3) is 0 Å². The normalized spacial score (nSPS) is 23.1. The second kappa shape index (κ2) is 2.94. The third-order valence-corrected chi connectivity index (χ3v) is 2.83. The molecule has 0 bridgehead atoms. The zero-order valence-corrected chi connectivity index (χ0v) is 7.61. The molecule has 60 valence electrons. The van der Waals surface area contributed by atoms with Crippen molar-refractivity contribution in [2.24, 2.45) is 11.3 Å². The zero-order valence-electron chi connectivity index (χ0n) is 7.61. The van der Waals surface area contributed by atoms with Crippen LogP contribution >= 0.6 is 0 Å². The summed E-state index contributed by atoms with van der Waals surface area (Å²) in [5.74, 6) is 1.00. The molecule has 1 saturated carbocycles. The Morgan fingerprint density at radius 1 is 0.900 bits per heavy atom. The number of rotatable bonds is 0. The molecule has 1 aliphatic carbocycles. The molecule has 0 nitrogen and oxygen atoms in total. The van der Waals surface area contributed by atoms with Crippen molar-refractivity contribution in [1.29, 1.82) is 0 Å². The zero-order chi connectivity index (χ0) is 7.61. The Bertz CT molecular complexity index is 91.1. The van der Waals surface area contributed by atoms with Gasteiger partial charge in [0.25, 0.3) is 0 Å². The summed E-state index contributed by atoms with van der Waals surface area (Å²) in [5, 5.41) is 0. The molecular formula is C10H20. The van der Waals surface area contributed by atoms with Crippen LogP contribution in [0.15, 0.2) is 0 Å². The van der Waals surface area contributed by atoms with E-state index in [-0.39, 0.29) is 0 Å². The number of hydrogen-bond donors (Lipinski definition) is 0. The monoisotopic (exact) mass is 140 g/mol. The van der Waals surface area contributed by atoms with Gasteiger partial charge in [0.1, 0.15) is 0 Å². The van der Waals surface area contributed by atoms with E-state index in [2.05, 4.69) is 20.8 Å². The lowest BCUT2D eigenvalue weighted by Crippen LogP contribution is -2.22. The maximum atomic E-state index is 2.38. The standard InChI is InChI=1S/C10H20/c1-10(2,3)9-7-5-4-6-8-9/h9H,4-8H2,1-3H3. The van der Waals surface area contributed by atoms with E-state index < -0.39 is 0 Å². The summed E-state index contributed by atoms with van der Waals surface area (Å²) in [4.78, 5) is 0. The molecule has 0 saturated heterocycles. The van der Waals surface area contributed by atoms with Crippen molar-refractivity contribution >= 4 is 0 Å². The van der Waals surface area contributed by atoms with Crippen LogP contribution in [0.5, 0.6) is 0 Å². The maximum absolute atomic E-state index is 2.38. The van der Waals surface area contributed by atoms with Crippen molar-refractivity contribution in [2.45, 2.75) is 52.9 Å². The van der Waals surface area contributed by atoms with Crippen molar-refractivity contribution in [2.75, 3.05) is 0 Å². The maximum Gasteiger partial charge on any atom is -0.0354 e. The first kappa shape index (κ1) is 8.10. The molecule has 0 aromatic carbocycles. The van der Waals surface area contributed by atoms with Crippen LogP contribution in [0.4, 0.5) is 0 Å². The summed E-state index contributed by atoms with van der Waals surface area (Å²) in [6.07, 6.45) is 7.38. The lowest BCUT2D eigenvalue weighted by Gasteiger charge is -2.33. The van der Waals surface area contributed by atoms with E-state index in [1.54, 1.807) is 0 Å². The van der Waals surface area contributed by atoms with Gasteiger partial charge in [-0.3, -0.25) is 0 Å². The van der Waals surface area contributed by atoms with Crippen LogP contribution in [0, 0.1) is 11.3 Å². The van der Waals surface area contributed by atoms with Crippen molar-refractivity contribution in [3.05, 3.63) is 0 Å². The van der Waals surface area contributed by atoms with Crippen LogP contribution in [0.2, 0.25) is 0 Å². The minimum absolute atomic E-state index is 0.570. The highest BCUT2D eigenvalue weighted by Crippen LogP contribution is 2.37. The fraction of sp³-hybridized carbons (Fsp3) is 1.00. The molecule has 0 aromatic heterocycles. The van der Waals surface area contributed by atoms with Gasteiger partial charge < -0.3 is 0 Å². The summed E-state index contributed by atoms with van der Waals surface area (Å²) >= 11 is 0. The molecule has 1 fully saturated rings. The molecule has 0 heteroatoms. The van der Waals surface area contributed by atoms with Crippen molar-refractivity contribution in [3.63, 3.8) is 0 Å². The third kappa shape index (κ3) is 2.00. The van der Waals surface area contributed by atoms with Gasteiger partial charge in [0.05, 0.1) is 0 Å². The van der Waals surface area contributed by atoms with E-state index in [0.717, 1.165) is 5.92 Å². The lowest BCUT2D eigenvalue weighted by atomic mass is 9.72. The van der Waals surface area contributed by atoms with Gasteiger partial charge in [-0.15, -0.1) is 0 Å². The topological polar surface area (TPSA) is 0 Å². The second-order valence-corrected chi connectivity index (χ2v) is 4.70. The first-order valence-corrected chi connectivity index (χ1v) is 4.61. The summed E-state index contributed by atoms with van der Waals surface area (Å²) in [5.41, 5.74) is 0.570. The third-order valence-electron chi connectivity index (χ3n) is 2.83. The Labute approximate surface area is 65.0 Å². The van der Waals surface area contributed by atoms with Crippen LogP contribution < -0.4 is 0 Å². The predicted octanol–water partition coefficient (Wildman–Crippen LogP) is 3.61.